The van der Waals surface area contributed by atoms with Crippen LogP contribution in [0.5, 0.6) is 0 Å². The normalized spacial score (nSPS) is 12.3. The van der Waals surface area contributed by atoms with Gasteiger partial charge in [-0.15, -0.1) is 10.2 Å². The fourth-order valence-electron chi connectivity index (χ4n) is 1.27. The van der Waals surface area contributed by atoms with Gasteiger partial charge in [-0.25, -0.2) is 0 Å². The molecule has 0 aliphatic carbocycles. The summed E-state index contributed by atoms with van der Waals surface area (Å²) in [7, 11) is 3.25. The van der Waals surface area contributed by atoms with E-state index in [-0.39, 0.29) is 11.7 Å². The third-order valence-electron chi connectivity index (χ3n) is 2.22. The van der Waals surface area contributed by atoms with Gasteiger partial charge in [0.1, 0.15) is 5.01 Å². The summed E-state index contributed by atoms with van der Waals surface area (Å²) in [6, 6.07) is 0. The highest BCUT2D eigenvalue weighted by molar-refractivity contribution is 7.15. The van der Waals surface area contributed by atoms with Crippen LogP contribution >= 0.6 is 11.3 Å². The van der Waals surface area contributed by atoms with E-state index in [9.17, 15) is 0 Å². The molecule has 1 aromatic rings. The molecule has 0 radical (unpaired) electrons. The highest BCUT2D eigenvalue weighted by atomic mass is 32.1. The second kappa shape index (κ2) is 4.87. The third-order valence-corrected chi connectivity index (χ3v) is 3.34. The van der Waals surface area contributed by atoms with Crippen molar-refractivity contribution in [3.05, 3.63) is 5.01 Å². The van der Waals surface area contributed by atoms with Crippen LogP contribution in [0.3, 0.4) is 0 Å². The highest BCUT2D eigenvalue weighted by Gasteiger charge is 2.29. The molecule has 0 bridgehead atoms. The van der Waals surface area contributed by atoms with E-state index in [4.69, 9.17) is 15.2 Å². The van der Waals surface area contributed by atoms with Gasteiger partial charge < -0.3 is 15.2 Å². The number of hydrogen-bond donors (Lipinski definition) is 1. The van der Waals surface area contributed by atoms with Gasteiger partial charge in [0.25, 0.3) is 0 Å². The molecule has 1 rings (SSSR count). The Morgan fingerprint density at radius 1 is 1.33 bits per heavy atom. The first-order valence-electron chi connectivity index (χ1n) is 4.64. The first kappa shape index (κ1) is 12.4. The van der Waals surface area contributed by atoms with Crippen molar-refractivity contribution in [2.75, 3.05) is 20.0 Å². The van der Waals surface area contributed by atoms with Gasteiger partial charge in [0.2, 0.25) is 5.13 Å². The van der Waals surface area contributed by atoms with Crippen LogP contribution < -0.4 is 5.73 Å². The van der Waals surface area contributed by atoms with E-state index in [1.54, 1.807) is 14.2 Å². The van der Waals surface area contributed by atoms with Crippen molar-refractivity contribution in [2.45, 2.75) is 32.0 Å². The monoisotopic (exact) mass is 231 g/mol. The van der Waals surface area contributed by atoms with Crippen molar-refractivity contribution >= 4 is 16.5 Å². The largest absolute Gasteiger partial charge is 0.374 e. The molecule has 0 aliphatic heterocycles. The molecule has 0 fully saturated rings. The summed E-state index contributed by atoms with van der Waals surface area (Å²) >= 11 is 1.40. The molecule has 0 unspecified atom stereocenters. The predicted octanol–water partition coefficient (Wildman–Crippen LogP) is 1.41. The molecule has 6 heteroatoms. The standard InChI is InChI=1S/C9H17N3O2S/c1-9(2,5-6(13-3)14-4)7-11-12-8(10)15-7/h6H,5H2,1-4H3,(H2,10,12). The maximum Gasteiger partial charge on any atom is 0.203 e. The van der Waals surface area contributed by atoms with E-state index in [0.29, 0.717) is 11.6 Å². The number of rotatable bonds is 5. The summed E-state index contributed by atoms with van der Waals surface area (Å²) in [4.78, 5) is 0. The predicted molar refractivity (Wildman–Crippen MR) is 59.8 cm³/mol. The molecule has 1 heterocycles. The van der Waals surface area contributed by atoms with Crippen LogP contribution in [0.15, 0.2) is 0 Å². The average molecular weight is 231 g/mol. The molecule has 0 saturated carbocycles. The summed E-state index contributed by atoms with van der Waals surface area (Å²) in [6.07, 6.45) is 0.486. The number of nitrogen functional groups attached to an aromatic ring is 1. The number of methoxy groups -OCH3 is 2. The first-order chi connectivity index (χ1) is 6.99. The zero-order valence-corrected chi connectivity index (χ0v) is 10.3. The minimum Gasteiger partial charge on any atom is -0.374 e. The molecule has 0 atom stereocenters. The van der Waals surface area contributed by atoms with E-state index >= 15 is 0 Å². The number of hydrogen-bond acceptors (Lipinski definition) is 6. The van der Waals surface area contributed by atoms with Gasteiger partial charge in [-0.2, -0.15) is 0 Å². The van der Waals surface area contributed by atoms with Gasteiger partial charge in [-0.1, -0.05) is 25.2 Å². The van der Waals surface area contributed by atoms with E-state index in [2.05, 4.69) is 24.0 Å². The van der Waals surface area contributed by atoms with Gasteiger partial charge in [-0.05, 0) is 0 Å². The van der Waals surface area contributed by atoms with E-state index in [1.165, 1.54) is 11.3 Å². The van der Waals surface area contributed by atoms with Crippen LogP contribution in [0, 0.1) is 0 Å². The fourth-order valence-corrected chi connectivity index (χ4v) is 2.00. The summed E-state index contributed by atoms with van der Waals surface area (Å²) in [5.41, 5.74) is 5.41. The van der Waals surface area contributed by atoms with Gasteiger partial charge in [-0.3, -0.25) is 0 Å². The maximum absolute atomic E-state index is 5.55. The Labute approximate surface area is 93.6 Å². The Hall–Kier alpha value is -0.720. The lowest BCUT2D eigenvalue weighted by atomic mass is 9.90. The molecule has 0 amide bonds. The Morgan fingerprint density at radius 2 is 1.93 bits per heavy atom. The third kappa shape index (κ3) is 3.12. The average Bonchev–Trinajstić information content (AvgIpc) is 2.62. The first-order valence-corrected chi connectivity index (χ1v) is 5.46. The van der Waals surface area contributed by atoms with Crippen LogP contribution in [-0.2, 0) is 14.9 Å². The van der Waals surface area contributed by atoms with Gasteiger partial charge >= 0.3 is 0 Å². The van der Waals surface area contributed by atoms with E-state index in [0.717, 1.165) is 5.01 Å². The van der Waals surface area contributed by atoms with Gasteiger partial charge in [0, 0.05) is 26.1 Å². The lowest BCUT2D eigenvalue weighted by molar-refractivity contribution is -0.115. The Balaban J connectivity index is 2.74. The molecule has 2 N–H and O–H groups in total. The maximum atomic E-state index is 5.55. The zero-order valence-electron chi connectivity index (χ0n) is 9.48. The number of anilines is 1. The molecule has 0 spiro atoms. The molecule has 0 aromatic carbocycles. The number of nitrogens with two attached hydrogens (primary N) is 1. The molecule has 1 aromatic heterocycles. The quantitative estimate of drug-likeness (QED) is 0.776. The fraction of sp³-hybridized carbons (Fsp3) is 0.778. The molecule has 15 heavy (non-hydrogen) atoms. The second-order valence-electron chi connectivity index (χ2n) is 3.93. The van der Waals surface area contributed by atoms with Crippen LogP contribution in [0.1, 0.15) is 25.3 Å². The van der Waals surface area contributed by atoms with E-state index < -0.39 is 0 Å². The molecular weight excluding hydrogens is 214 g/mol. The Kier molecular flexibility index (Phi) is 4.01. The van der Waals surface area contributed by atoms with Crippen molar-refractivity contribution in [2.24, 2.45) is 0 Å². The summed E-state index contributed by atoms with van der Waals surface area (Å²) < 4.78 is 10.3. The number of nitrogens with zero attached hydrogens (tertiary/aromatic N) is 2. The number of ether oxygens (including phenoxy) is 2. The molecule has 86 valence electrons. The highest BCUT2D eigenvalue weighted by Crippen LogP contribution is 2.32. The summed E-state index contributed by atoms with van der Waals surface area (Å²) in [5.74, 6) is 0. The van der Waals surface area contributed by atoms with Crippen LogP contribution in [0.4, 0.5) is 5.13 Å². The van der Waals surface area contributed by atoms with Crippen molar-refractivity contribution in [1.82, 2.24) is 10.2 Å². The Bertz CT molecular complexity index is 310. The minimum absolute atomic E-state index is 0.147. The van der Waals surface area contributed by atoms with Crippen LogP contribution in [0.25, 0.3) is 0 Å². The second-order valence-corrected chi connectivity index (χ2v) is 4.94. The smallest absolute Gasteiger partial charge is 0.203 e. The van der Waals surface area contributed by atoms with Gasteiger partial charge in [0.15, 0.2) is 6.29 Å². The van der Waals surface area contributed by atoms with Crippen molar-refractivity contribution in [3.8, 4) is 0 Å². The number of aromatic nitrogens is 2. The van der Waals surface area contributed by atoms with Crippen LogP contribution in [-0.4, -0.2) is 30.7 Å². The van der Waals surface area contributed by atoms with Gasteiger partial charge in [0.05, 0.1) is 0 Å². The van der Waals surface area contributed by atoms with E-state index in [1.807, 2.05) is 0 Å². The van der Waals surface area contributed by atoms with Crippen molar-refractivity contribution in [1.29, 1.82) is 0 Å². The summed E-state index contributed by atoms with van der Waals surface area (Å²) in [5, 5.41) is 9.24. The Morgan fingerprint density at radius 3 is 2.33 bits per heavy atom. The topological polar surface area (TPSA) is 70.3 Å². The molecular formula is C9H17N3O2S. The van der Waals surface area contributed by atoms with Crippen LogP contribution in [0.2, 0.25) is 0 Å². The summed E-state index contributed by atoms with van der Waals surface area (Å²) in [6.45, 7) is 4.13. The lowest BCUT2D eigenvalue weighted by Gasteiger charge is -2.25. The lowest BCUT2D eigenvalue weighted by Crippen LogP contribution is -2.27. The minimum atomic E-state index is -0.231. The van der Waals surface area contributed by atoms with Crippen molar-refractivity contribution < 1.29 is 9.47 Å². The molecule has 0 saturated heterocycles. The van der Waals surface area contributed by atoms with Crippen molar-refractivity contribution in [3.63, 3.8) is 0 Å². The molecule has 0 aliphatic rings. The zero-order chi connectivity index (χ0) is 11.5. The molecule has 5 nitrogen and oxygen atoms in total. The SMILES string of the molecule is COC(CC(C)(C)c1nnc(N)s1)OC.